The summed E-state index contributed by atoms with van der Waals surface area (Å²) in [5, 5.41) is 9.16. The number of carboxylic acid groups (broad SMARTS) is 1. The van der Waals surface area contributed by atoms with E-state index in [2.05, 4.69) is 14.1 Å². The van der Waals surface area contributed by atoms with Crippen LogP contribution in [0.15, 0.2) is 34.7 Å². The maximum atomic E-state index is 12.3. The molecule has 0 fully saturated rings. The summed E-state index contributed by atoms with van der Waals surface area (Å²) in [6.07, 6.45) is 0.193. The van der Waals surface area contributed by atoms with Crippen molar-refractivity contribution in [2.45, 2.75) is 30.6 Å². The summed E-state index contributed by atoms with van der Waals surface area (Å²) in [7, 11) is -4.02. The summed E-state index contributed by atoms with van der Waals surface area (Å²) in [6, 6.07) is 7.77. The number of aromatic nitrogens is 2. The van der Waals surface area contributed by atoms with Crippen LogP contribution in [0.1, 0.15) is 20.3 Å². The molecule has 1 aromatic heterocycles. The second kappa shape index (κ2) is 7.16. The van der Waals surface area contributed by atoms with Crippen LogP contribution in [0.2, 0.25) is 0 Å². The molecule has 2 N–H and O–H groups in total. The van der Waals surface area contributed by atoms with E-state index in [0.717, 1.165) is 11.5 Å². The molecule has 2 rings (SSSR count). The van der Waals surface area contributed by atoms with Gasteiger partial charge in [-0.25, -0.2) is 13.4 Å². The first kappa shape index (κ1) is 17.5. The Morgan fingerprint density at radius 2 is 1.96 bits per heavy atom. The van der Waals surface area contributed by atoms with Gasteiger partial charge in [-0.1, -0.05) is 44.2 Å². The van der Waals surface area contributed by atoms with Crippen molar-refractivity contribution >= 4 is 27.5 Å². The molecule has 1 aromatic carbocycles. The van der Waals surface area contributed by atoms with Crippen LogP contribution in [0.3, 0.4) is 0 Å². The third-order valence-electron chi connectivity index (χ3n) is 2.97. The first-order valence-corrected chi connectivity index (χ1v) is 9.19. The highest BCUT2D eigenvalue weighted by Crippen LogP contribution is 2.21. The van der Waals surface area contributed by atoms with Crippen LogP contribution in [-0.2, 0) is 14.8 Å². The molecule has 0 aliphatic carbocycles. The lowest BCUT2D eigenvalue weighted by atomic mass is 10.1. The molecule has 0 aliphatic heterocycles. The molecule has 0 radical (unpaired) electrons. The molecule has 9 heteroatoms. The minimum Gasteiger partial charge on any atom is -0.480 e. The van der Waals surface area contributed by atoms with Gasteiger partial charge in [0.2, 0.25) is 4.34 Å². The van der Waals surface area contributed by atoms with Gasteiger partial charge in [0.05, 0.1) is 0 Å². The molecule has 23 heavy (non-hydrogen) atoms. The van der Waals surface area contributed by atoms with Gasteiger partial charge in [0, 0.05) is 5.56 Å². The Hall–Kier alpha value is -1.84. The van der Waals surface area contributed by atoms with Gasteiger partial charge in [0.25, 0.3) is 10.0 Å². The summed E-state index contributed by atoms with van der Waals surface area (Å²) in [5.41, 5.74) is 0.696. The Bertz CT molecular complexity index is 772. The first-order chi connectivity index (χ1) is 10.8. The fourth-order valence-corrected chi connectivity index (χ4v) is 3.90. The van der Waals surface area contributed by atoms with Crippen LogP contribution in [0.25, 0.3) is 11.4 Å². The van der Waals surface area contributed by atoms with Gasteiger partial charge in [0.1, 0.15) is 6.04 Å². The van der Waals surface area contributed by atoms with Gasteiger partial charge in [0.15, 0.2) is 5.82 Å². The topological polar surface area (TPSA) is 109 Å². The minimum absolute atomic E-state index is 0.0353. The number of carbonyl (C=O) groups is 1. The normalized spacial score (nSPS) is 13.2. The first-order valence-electron chi connectivity index (χ1n) is 6.94. The number of sulfonamides is 1. The zero-order valence-corrected chi connectivity index (χ0v) is 14.3. The average Bonchev–Trinajstić information content (AvgIpc) is 2.97. The van der Waals surface area contributed by atoms with Crippen molar-refractivity contribution in [3.63, 3.8) is 0 Å². The molecule has 1 atom stereocenters. The van der Waals surface area contributed by atoms with E-state index in [4.69, 9.17) is 5.11 Å². The summed E-state index contributed by atoms with van der Waals surface area (Å²) in [6.45, 7) is 3.64. The SMILES string of the molecule is CC(C)CC(NS(=O)(=O)c1nc(-c2ccccc2)ns1)C(=O)O. The number of nitrogens with one attached hydrogen (secondary N) is 1. The molecule has 2 aromatic rings. The molecule has 0 saturated carbocycles. The molecule has 1 unspecified atom stereocenters. The van der Waals surface area contributed by atoms with E-state index >= 15 is 0 Å². The van der Waals surface area contributed by atoms with Crippen molar-refractivity contribution in [3.05, 3.63) is 30.3 Å². The van der Waals surface area contributed by atoms with Crippen molar-refractivity contribution in [2.75, 3.05) is 0 Å². The Morgan fingerprint density at radius 1 is 1.30 bits per heavy atom. The monoisotopic (exact) mass is 355 g/mol. The van der Waals surface area contributed by atoms with Crippen LogP contribution >= 0.6 is 11.5 Å². The third-order valence-corrected chi connectivity index (χ3v) is 5.51. The highest BCUT2D eigenvalue weighted by Gasteiger charge is 2.28. The molecule has 0 spiro atoms. The number of carboxylic acids is 1. The largest absolute Gasteiger partial charge is 0.480 e. The lowest BCUT2D eigenvalue weighted by molar-refractivity contribution is -0.139. The smallest absolute Gasteiger partial charge is 0.321 e. The van der Waals surface area contributed by atoms with Crippen molar-refractivity contribution in [1.82, 2.24) is 14.1 Å². The quantitative estimate of drug-likeness (QED) is 0.786. The van der Waals surface area contributed by atoms with E-state index in [9.17, 15) is 13.2 Å². The van der Waals surface area contributed by atoms with E-state index in [0.29, 0.717) is 11.4 Å². The van der Waals surface area contributed by atoms with Crippen LogP contribution in [0.4, 0.5) is 0 Å². The number of nitrogens with zero attached hydrogens (tertiary/aromatic N) is 2. The molecule has 0 amide bonds. The van der Waals surface area contributed by atoms with Crippen LogP contribution in [0.5, 0.6) is 0 Å². The molecule has 0 saturated heterocycles. The number of hydrogen-bond donors (Lipinski definition) is 2. The standard InChI is InChI=1S/C14H17N3O4S2/c1-9(2)8-11(13(18)19)17-23(20,21)14-15-12(16-22-14)10-6-4-3-5-7-10/h3-7,9,11,17H,8H2,1-2H3,(H,18,19). The molecule has 0 bridgehead atoms. The van der Waals surface area contributed by atoms with Crippen molar-refractivity contribution in [1.29, 1.82) is 0 Å². The maximum Gasteiger partial charge on any atom is 0.321 e. The molecule has 0 aliphatic rings. The summed E-state index contributed by atoms with van der Waals surface area (Å²) >= 11 is 0.719. The fourth-order valence-electron chi connectivity index (χ4n) is 1.93. The zero-order chi connectivity index (χ0) is 17.0. The minimum atomic E-state index is -4.02. The molecule has 1 heterocycles. The summed E-state index contributed by atoms with van der Waals surface area (Å²) < 4.78 is 30.6. The van der Waals surface area contributed by atoms with Gasteiger partial charge in [-0.2, -0.15) is 9.10 Å². The summed E-state index contributed by atoms with van der Waals surface area (Å²) in [5.74, 6) is -0.880. The number of rotatable bonds is 7. The Balaban J connectivity index is 2.23. The Kier molecular flexibility index (Phi) is 5.45. The molecule has 124 valence electrons. The van der Waals surface area contributed by atoms with Gasteiger partial charge in [-0.3, -0.25) is 4.79 Å². The number of benzene rings is 1. The second-order valence-corrected chi connectivity index (χ2v) is 8.03. The fraction of sp³-hybridized carbons (Fsp3) is 0.357. The van der Waals surface area contributed by atoms with Gasteiger partial charge in [-0.05, 0) is 23.9 Å². The Labute approximate surface area is 138 Å². The third kappa shape index (κ3) is 4.57. The van der Waals surface area contributed by atoms with Gasteiger partial charge in [-0.15, -0.1) is 0 Å². The lowest BCUT2D eigenvalue weighted by Gasteiger charge is -2.15. The maximum absolute atomic E-state index is 12.3. The van der Waals surface area contributed by atoms with Crippen LogP contribution < -0.4 is 4.72 Å². The zero-order valence-electron chi connectivity index (χ0n) is 12.6. The van der Waals surface area contributed by atoms with Crippen molar-refractivity contribution in [3.8, 4) is 11.4 Å². The highest BCUT2D eigenvalue weighted by molar-refractivity contribution is 7.91. The van der Waals surface area contributed by atoms with E-state index in [1.807, 2.05) is 19.9 Å². The average molecular weight is 355 g/mol. The predicted octanol–water partition coefficient (Wildman–Crippen LogP) is 1.98. The number of aliphatic carboxylic acids is 1. The molecular weight excluding hydrogens is 338 g/mol. The van der Waals surface area contributed by atoms with Gasteiger partial charge >= 0.3 is 5.97 Å². The highest BCUT2D eigenvalue weighted by atomic mass is 32.2. The van der Waals surface area contributed by atoms with E-state index < -0.39 is 22.0 Å². The van der Waals surface area contributed by atoms with Crippen molar-refractivity contribution < 1.29 is 18.3 Å². The van der Waals surface area contributed by atoms with Crippen molar-refractivity contribution in [2.24, 2.45) is 5.92 Å². The second-order valence-electron chi connectivity index (χ2n) is 5.39. The predicted molar refractivity (Wildman–Crippen MR) is 86.5 cm³/mol. The molecule has 7 nitrogen and oxygen atoms in total. The van der Waals surface area contributed by atoms with E-state index in [-0.39, 0.29) is 16.7 Å². The molecular formula is C14H17N3O4S2. The lowest BCUT2D eigenvalue weighted by Crippen LogP contribution is -2.41. The van der Waals surface area contributed by atoms with Gasteiger partial charge < -0.3 is 5.11 Å². The van der Waals surface area contributed by atoms with E-state index in [1.54, 1.807) is 24.3 Å². The van der Waals surface area contributed by atoms with Crippen LogP contribution in [-0.4, -0.2) is 34.9 Å². The summed E-state index contributed by atoms with van der Waals surface area (Å²) in [4.78, 5) is 15.2. The number of hydrogen-bond acceptors (Lipinski definition) is 6. The van der Waals surface area contributed by atoms with Crippen LogP contribution in [0, 0.1) is 5.92 Å². The van der Waals surface area contributed by atoms with E-state index in [1.165, 1.54) is 0 Å². The Morgan fingerprint density at radius 3 is 2.52 bits per heavy atom.